The van der Waals surface area contributed by atoms with E-state index < -0.39 is 6.04 Å². The summed E-state index contributed by atoms with van der Waals surface area (Å²) in [4.78, 5) is 18.5. The van der Waals surface area contributed by atoms with Gasteiger partial charge in [0.1, 0.15) is 11.8 Å². The highest BCUT2D eigenvalue weighted by molar-refractivity contribution is 7.98. The van der Waals surface area contributed by atoms with E-state index in [4.69, 9.17) is 14.8 Å². The van der Waals surface area contributed by atoms with E-state index >= 15 is 0 Å². The van der Waals surface area contributed by atoms with Gasteiger partial charge < -0.3 is 15.4 Å². The molecule has 5 rings (SSSR count). The van der Waals surface area contributed by atoms with Gasteiger partial charge >= 0.3 is 0 Å². The molecule has 2 N–H and O–H groups in total. The van der Waals surface area contributed by atoms with E-state index in [0.29, 0.717) is 16.7 Å². The number of hydrogen-bond donors (Lipinski definition) is 2. The molecule has 0 spiro atoms. The summed E-state index contributed by atoms with van der Waals surface area (Å²) in [5.41, 5.74) is 6.38. The molecule has 0 saturated carbocycles. The highest BCUT2D eigenvalue weighted by Gasteiger charge is 2.34. The van der Waals surface area contributed by atoms with Gasteiger partial charge in [-0.15, -0.1) is 5.10 Å². The number of anilines is 2. The zero-order chi connectivity index (χ0) is 25.9. The second kappa shape index (κ2) is 10.5. The van der Waals surface area contributed by atoms with Crippen LogP contribution in [0, 0.1) is 13.8 Å². The molecule has 1 aliphatic rings. The Bertz CT molecular complexity index is 1460. The molecule has 0 aliphatic carbocycles. The fourth-order valence-electron chi connectivity index (χ4n) is 4.45. The molecule has 8 heteroatoms. The molecule has 1 unspecified atom stereocenters. The van der Waals surface area contributed by atoms with Crippen molar-refractivity contribution < 1.29 is 9.53 Å². The first-order chi connectivity index (χ1) is 17.9. The lowest BCUT2D eigenvalue weighted by molar-refractivity contribution is -0.113. The molecule has 0 fully saturated rings. The van der Waals surface area contributed by atoms with Crippen LogP contribution in [0.25, 0.3) is 0 Å². The number of aromatic nitrogens is 3. The Labute approximate surface area is 221 Å². The number of fused-ring (bicyclic) bond motifs is 1. The molecule has 1 aliphatic heterocycles. The van der Waals surface area contributed by atoms with Crippen LogP contribution in [0.3, 0.4) is 0 Å². The summed E-state index contributed by atoms with van der Waals surface area (Å²) in [6, 6.07) is 23.5. The largest absolute Gasteiger partial charge is 0.497 e. The summed E-state index contributed by atoms with van der Waals surface area (Å²) in [6.45, 7) is 5.94. The van der Waals surface area contributed by atoms with Crippen LogP contribution in [0.1, 0.15) is 35.2 Å². The lowest BCUT2D eigenvalue weighted by Gasteiger charge is -2.29. The van der Waals surface area contributed by atoms with Gasteiger partial charge in [-0.25, -0.2) is 4.68 Å². The number of carbonyl (C=O) groups is 1. The van der Waals surface area contributed by atoms with E-state index in [1.54, 1.807) is 23.6 Å². The van der Waals surface area contributed by atoms with Gasteiger partial charge in [0.25, 0.3) is 5.91 Å². The number of aryl methyl sites for hydroxylation is 2. The third-order valence-corrected chi connectivity index (χ3v) is 7.26. The third-order valence-electron chi connectivity index (χ3n) is 6.35. The minimum absolute atomic E-state index is 0.183. The predicted molar refractivity (Wildman–Crippen MR) is 148 cm³/mol. The first-order valence-electron chi connectivity index (χ1n) is 12.1. The highest BCUT2D eigenvalue weighted by Crippen LogP contribution is 2.37. The van der Waals surface area contributed by atoms with Gasteiger partial charge in [-0.3, -0.25) is 4.79 Å². The zero-order valence-electron chi connectivity index (χ0n) is 21.3. The van der Waals surface area contributed by atoms with Gasteiger partial charge in [0.15, 0.2) is 0 Å². The number of benzene rings is 3. The summed E-state index contributed by atoms with van der Waals surface area (Å²) in [6.07, 6.45) is 0. The van der Waals surface area contributed by atoms with Crippen molar-refractivity contribution in [3.05, 3.63) is 106 Å². The number of allylic oxidation sites excluding steroid dienone is 1. The molecule has 0 saturated heterocycles. The predicted octanol–water partition coefficient (Wildman–Crippen LogP) is 6.12. The number of nitrogens with one attached hydrogen (secondary N) is 2. The molecule has 0 radical (unpaired) electrons. The van der Waals surface area contributed by atoms with Gasteiger partial charge in [0.2, 0.25) is 11.1 Å². The lowest BCUT2D eigenvalue weighted by atomic mass is 9.94. The van der Waals surface area contributed by atoms with E-state index in [0.717, 1.165) is 39.6 Å². The zero-order valence-corrected chi connectivity index (χ0v) is 22.1. The van der Waals surface area contributed by atoms with Crippen molar-refractivity contribution in [3.8, 4) is 5.75 Å². The number of thioether (sulfide) groups is 1. The standard InChI is InChI=1S/C29H29N5O2S/c1-18-10-15-24(19(2)16-18)31-27(35)25-20(3)30-28-32-29(37-17-21-8-6-5-7-9-21)33-34(28)26(25)22-11-13-23(36-4)14-12-22/h5-16,26H,17H2,1-4H3,(H,31,35)(H,30,32,33). The smallest absolute Gasteiger partial charge is 0.255 e. The molecular formula is C29H29N5O2S. The van der Waals surface area contributed by atoms with Crippen LogP contribution in [-0.2, 0) is 10.5 Å². The van der Waals surface area contributed by atoms with Crippen molar-refractivity contribution in [1.29, 1.82) is 0 Å². The monoisotopic (exact) mass is 511 g/mol. The SMILES string of the molecule is COc1ccc(C2C(C(=O)Nc3ccc(C)cc3C)=C(C)Nc3nc(SCc4ccccc4)nn32)cc1. The van der Waals surface area contributed by atoms with Crippen molar-refractivity contribution in [3.63, 3.8) is 0 Å². The van der Waals surface area contributed by atoms with Crippen LogP contribution in [0.4, 0.5) is 11.6 Å². The van der Waals surface area contributed by atoms with E-state index in [1.165, 1.54) is 5.56 Å². The minimum Gasteiger partial charge on any atom is -0.497 e. The quantitative estimate of drug-likeness (QED) is 0.291. The maximum atomic E-state index is 13.7. The molecule has 0 bridgehead atoms. The normalized spacial score (nSPS) is 14.6. The van der Waals surface area contributed by atoms with Crippen LogP contribution in [0.5, 0.6) is 5.75 Å². The molecule has 1 amide bonds. The van der Waals surface area contributed by atoms with Crippen LogP contribution >= 0.6 is 11.8 Å². The van der Waals surface area contributed by atoms with Crippen molar-refractivity contribution in [1.82, 2.24) is 14.8 Å². The summed E-state index contributed by atoms with van der Waals surface area (Å²) in [5, 5.41) is 11.9. The van der Waals surface area contributed by atoms with E-state index in [1.807, 2.05) is 75.4 Å². The number of rotatable bonds is 7. The summed E-state index contributed by atoms with van der Waals surface area (Å²) >= 11 is 1.56. The fraction of sp³-hybridized carbons (Fsp3) is 0.207. The number of carbonyl (C=O) groups excluding carboxylic acids is 1. The van der Waals surface area contributed by atoms with Gasteiger partial charge in [-0.2, -0.15) is 4.98 Å². The number of amides is 1. The topological polar surface area (TPSA) is 81.1 Å². The first-order valence-corrected chi connectivity index (χ1v) is 13.0. The molecule has 2 heterocycles. The second-order valence-electron chi connectivity index (χ2n) is 9.05. The molecule has 3 aromatic carbocycles. The minimum atomic E-state index is -0.452. The first kappa shape index (κ1) is 24.6. The Morgan fingerprint density at radius 3 is 2.51 bits per heavy atom. The van der Waals surface area contributed by atoms with E-state index in [-0.39, 0.29) is 5.91 Å². The number of nitrogens with zero attached hydrogens (tertiary/aromatic N) is 3. The number of methoxy groups -OCH3 is 1. The Balaban J connectivity index is 1.50. The average Bonchev–Trinajstić information content (AvgIpc) is 3.31. The summed E-state index contributed by atoms with van der Waals surface area (Å²) < 4.78 is 7.16. The van der Waals surface area contributed by atoms with Crippen LogP contribution < -0.4 is 15.4 Å². The lowest BCUT2D eigenvalue weighted by Crippen LogP contribution is -2.31. The van der Waals surface area contributed by atoms with Crippen LogP contribution in [0.15, 0.2) is 89.2 Å². The molecule has 188 valence electrons. The van der Waals surface area contributed by atoms with Crippen molar-refractivity contribution in [2.45, 2.75) is 37.7 Å². The molecular weight excluding hydrogens is 482 g/mol. The van der Waals surface area contributed by atoms with E-state index in [2.05, 4.69) is 28.8 Å². The Kier molecular flexibility index (Phi) is 7.01. The summed E-state index contributed by atoms with van der Waals surface area (Å²) in [7, 11) is 1.64. The molecule has 7 nitrogen and oxygen atoms in total. The Morgan fingerprint density at radius 2 is 1.81 bits per heavy atom. The highest BCUT2D eigenvalue weighted by atomic mass is 32.2. The molecule has 37 heavy (non-hydrogen) atoms. The number of hydrogen-bond acceptors (Lipinski definition) is 6. The van der Waals surface area contributed by atoms with Gasteiger partial charge in [-0.1, -0.05) is 71.9 Å². The second-order valence-corrected chi connectivity index (χ2v) is 9.99. The molecule has 4 aromatic rings. The summed E-state index contributed by atoms with van der Waals surface area (Å²) in [5.74, 6) is 1.93. The maximum Gasteiger partial charge on any atom is 0.255 e. The molecule has 1 aromatic heterocycles. The van der Waals surface area contributed by atoms with Crippen LogP contribution in [-0.4, -0.2) is 27.8 Å². The van der Waals surface area contributed by atoms with E-state index in [9.17, 15) is 4.79 Å². The Hall–Kier alpha value is -4.04. The molecule has 1 atom stereocenters. The third kappa shape index (κ3) is 5.24. The van der Waals surface area contributed by atoms with Gasteiger partial charge in [0, 0.05) is 17.1 Å². The average molecular weight is 512 g/mol. The van der Waals surface area contributed by atoms with Gasteiger partial charge in [0.05, 0.1) is 12.7 Å². The van der Waals surface area contributed by atoms with Crippen LogP contribution in [0.2, 0.25) is 0 Å². The maximum absolute atomic E-state index is 13.7. The van der Waals surface area contributed by atoms with Gasteiger partial charge in [-0.05, 0) is 55.7 Å². The number of ether oxygens (including phenoxy) is 1. The van der Waals surface area contributed by atoms with Crippen molar-refractivity contribution in [2.24, 2.45) is 0 Å². The Morgan fingerprint density at radius 1 is 1.05 bits per heavy atom. The fourth-order valence-corrected chi connectivity index (χ4v) is 5.23. The van der Waals surface area contributed by atoms with Crippen molar-refractivity contribution >= 4 is 29.3 Å². The van der Waals surface area contributed by atoms with Crippen molar-refractivity contribution in [2.75, 3.05) is 17.7 Å².